The molecule has 2 atom stereocenters. The van der Waals surface area contributed by atoms with Crippen molar-refractivity contribution in [3.63, 3.8) is 0 Å². The average molecular weight is 282 g/mol. The van der Waals surface area contributed by atoms with Crippen molar-refractivity contribution >= 4 is 5.78 Å². The summed E-state index contributed by atoms with van der Waals surface area (Å²) < 4.78 is 12.9. The first kappa shape index (κ1) is 14.0. The number of Topliss-reactive ketones (excluding diaryl/α,β-unsaturated/α-hetero) is 1. The molecule has 0 N–H and O–H groups in total. The summed E-state index contributed by atoms with van der Waals surface area (Å²) >= 11 is 0. The molecule has 0 aromatic heterocycles. The molecule has 2 aromatic rings. The monoisotopic (exact) mass is 282 g/mol. The minimum Gasteiger partial charge on any atom is -0.294 e. The molecule has 2 unspecified atom stereocenters. The minimum absolute atomic E-state index is 0.0559. The Morgan fingerprint density at radius 3 is 2.24 bits per heavy atom. The zero-order chi connectivity index (χ0) is 15.0. The number of rotatable bonds is 4. The van der Waals surface area contributed by atoms with E-state index in [0.717, 1.165) is 6.42 Å². The molecular weight excluding hydrogens is 263 g/mol. The molecule has 0 saturated heterocycles. The van der Waals surface area contributed by atoms with Crippen molar-refractivity contribution in [3.8, 4) is 0 Å². The maximum atomic E-state index is 12.9. The topological polar surface area (TPSA) is 17.1 Å². The standard InChI is InChI=1S/C19H19FO/c1-12(2)13-3-5-14(6-4-13)17-11-18(17)19(21)15-7-9-16(20)10-8-15/h3-10,12,17-18H,11H2,1-2H3. The van der Waals surface area contributed by atoms with Crippen LogP contribution in [0.25, 0.3) is 0 Å². The smallest absolute Gasteiger partial charge is 0.166 e. The van der Waals surface area contributed by atoms with Crippen LogP contribution in [0.2, 0.25) is 0 Å². The molecule has 1 saturated carbocycles. The Hall–Kier alpha value is -1.96. The lowest BCUT2D eigenvalue weighted by atomic mass is 9.98. The predicted octanol–water partition coefficient (Wildman–Crippen LogP) is 4.94. The first-order valence-electron chi connectivity index (χ1n) is 7.46. The van der Waals surface area contributed by atoms with Gasteiger partial charge in [-0.1, -0.05) is 38.1 Å². The van der Waals surface area contributed by atoms with Crippen LogP contribution >= 0.6 is 0 Å². The lowest BCUT2D eigenvalue weighted by Crippen LogP contribution is -2.03. The number of hydrogen-bond donors (Lipinski definition) is 0. The van der Waals surface area contributed by atoms with E-state index in [0.29, 0.717) is 17.4 Å². The van der Waals surface area contributed by atoms with Gasteiger partial charge in [0.05, 0.1) is 0 Å². The third-order valence-electron chi connectivity index (χ3n) is 4.29. The largest absolute Gasteiger partial charge is 0.294 e. The van der Waals surface area contributed by atoms with Crippen LogP contribution in [0, 0.1) is 11.7 Å². The van der Waals surface area contributed by atoms with E-state index in [4.69, 9.17) is 0 Å². The Bertz CT molecular complexity index is 640. The van der Waals surface area contributed by atoms with E-state index in [1.807, 2.05) is 0 Å². The molecule has 0 bridgehead atoms. The molecule has 0 amide bonds. The summed E-state index contributed by atoms with van der Waals surface area (Å²) in [4.78, 5) is 12.4. The van der Waals surface area contributed by atoms with Gasteiger partial charge in [0.2, 0.25) is 0 Å². The second kappa shape index (κ2) is 5.44. The van der Waals surface area contributed by atoms with Crippen molar-refractivity contribution in [1.29, 1.82) is 0 Å². The molecule has 0 heterocycles. The summed E-state index contributed by atoms with van der Waals surface area (Å²) in [5.41, 5.74) is 3.17. The van der Waals surface area contributed by atoms with E-state index >= 15 is 0 Å². The van der Waals surface area contributed by atoms with Crippen LogP contribution in [0.4, 0.5) is 4.39 Å². The van der Waals surface area contributed by atoms with Crippen molar-refractivity contribution in [2.75, 3.05) is 0 Å². The molecule has 1 fully saturated rings. The van der Waals surface area contributed by atoms with E-state index < -0.39 is 0 Å². The third-order valence-corrected chi connectivity index (χ3v) is 4.29. The summed E-state index contributed by atoms with van der Waals surface area (Å²) in [7, 11) is 0. The molecule has 2 heteroatoms. The second-order valence-electron chi connectivity index (χ2n) is 6.14. The van der Waals surface area contributed by atoms with Crippen LogP contribution in [-0.4, -0.2) is 5.78 Å². The van der Waals surface area contributed by atoms with Crippen molar-refractivity contribution < 1.29 is 9.18 Å². The van der Waals surface area contributed by atoms with Gasteiger partial charge in [-0.25, -0.2) is 4.39 Å². The van der Waals surface area contributed by atoms with E-state index in [2.05, 4.69) is 38.1 Å². The van der Waals surface area contributed by atoms with Gasteiger partial charge in [-0.05, 0) is 53.6 Å². The Kier molecular flexibility index (Phi) is 3.62. The van der Waals surface area contributed by atoms with Crippen molar-refractivity contribution in [3.05, 3.63) is 71.0 Å². The third kappa shape index (κ3) is 2.90. The molecule has 1 aliphatic rings. The van der Waals surface area contributed by atoms with Gasteiger partial charge in [-0.3, -0.25) is 4.79 Å². The first-order valence-corrected chi connectivity index (χ1v) is 7.46. The zero-order valence-electron chi connectivity index (χ0n) is 12.3. The SMILES string of the molecule is CC(C)c1ccc(C2CC2C(=O)c2ccc(F)cc2)cc1. The van der Waals surface area contributed by atoms with Crippen molar-refractivity contribution in [1.82, 2.24) is 0 Å². The highest BCUT2D eigenvalue weighted by Crippen LogP contribution is 2.49. The highest BCUT2D eigenvalue weighted by Gasteiger charge is 2.43. The van der Waals surface area contributed by atoms with Crippen LogP contribution < -0.4 is 0 Å². The van der Waals surface area contributed by atoms with Gasteiger partial charge in [-0.2, -0.15) is 0 Å². The van der Waals surface area contributed by atoms with Crippen LogP contribution in [0.3, 0.4) is 0 Å². The van der Waals surface area contributed by atoms with E-state index in [9.17, 15) is 9.18 Å². The van der Waals surface area contributed by atoms with Crippen LogP contribution in [0.1, 0.15) is 53.6 Å². The van der Waals surface area contributed by atoms with Gasteiger partial charge in [-0.15, -0.1) is 0 Å². The van der Waals surface area contributed by atoms with Gasteiger partial charge >= 0.3 is 0 Å². The summed E-state index contributed by atoms with van der Waals surface area (Å²) in [6.07, 6.45) is 0.900. The lowest BCUT2D eigenvalue weighted by Gasteiger charge is -2.06. The van der Waals surface area contributed by atoms with Crippen molar-refractivity contribution in [2.45, 2.75) is 32.1 Å². The van der Waals surface area contributed by atoms with Gasteiger partial charge in [0.1, 0.15) is 5.82 Å². The van der Waals surface area contributed by atoms with E-state index in [-0.39, 0.29) is 17.5 Å². The first-order chi connectivity index (χ1) is 10.1. The molecule has 1 aliphatic carbocycles. The Balaban J connectivity index is 1.71. The molecule has 0 aliphatic heterocycles. The fraction of sp³-hybridized carbons (Fsp3) is 0.316. The second-order valence-corrected chi connectivity index (χ2v) is 6.14. The van der Waals surface area contributed by atoms with Gasteiger partial charge in [0.25, 0.3) is 0 Å². The van der Waals surface area contributed by atoms with Gasteiger partial charge in [0.15, 0.2) is 5.78 Å². The maximum Gasteiger partial charge on any atom is 0.166 e. The Morgan fingerprint density at radius 1 is 1.05 bits per heavy atom. The average Bonchev–Trinajstić information content (AvgIpc) is 3.28. The lowest BCUT2D eigenvalue weighted by molar-refractivity contribution is 0.0965. The van der Waals surface area contributed by atoms with Crippen molar-refractivity contribution in [2.24, 2.45) is 5.92 Å². The number of hydrogen-bond acceptors (Lipinski definition) is 1. The van der Waals surface area contributed by atoms with Crippen LogP contribution in [0.15, 0.2) is 48.5 Å². The molecule has 1 nitrogen and oxygen atoms in total. The van der Waals surface area contributed by atoms with E-state index in [1.54, 1.807) is 12.1 Å². The van der Waals surface area contributed by atoms with Crippen LogP contribution in [-0.2, 0) is 0 Å². The summed E-state index contributed by atoms with van der Waals surface area (Å²) in [5, 5.41) is 0. The number of ketones is 1. The highest BCUT2D eigenvalue weighted by molar-refractivity contribution is 6.00. The molecule has 3 rings (SSSR count). The quantitative estimate of drug-likeness (QED) is 0.726. The number of carbonyl (C=O) groups is 1. The van der Waals surface area contributed by atoms with Gasteiger partial charge < -0.3 is 0 Å². The van der Waals surface area contributed by atoms with Crippen LogP contribution in [0.5, 0.6) is 0 Å². The number of carbonyl (C=O) groups excluding carboxylic acids is 1. The molecule has 2 aromatic carbocycles. The maximum absolute atomic E-state index is 12.9. The Labute approximate surface area is 124 Å². The zero-order valence-corrected chi connectivity index (χ0v) is 12.3. The molecule has 0 radical (unpaired) electrons. The summed E-state index contributed by atoms with van der Waals surface area (Å²) in [5.74, 6) is 0.732. The molecule has 21 heavy (non-hydrogen) atoms. The summed E-state index contributed by atoms with van der Waals surface area (Å²) in [6.45, 7) is 4.35. The minimum atomic E-state index is -0.303. The number of halogens is 1. The summed E-state index contributed by atoms with van der Waals surface area (Å²) in [6, 6.07) is 14.4. The fourth-order valence-corrected chi connectivity index (χ4v) is 2.81. The molecule has 108 valence electrons. The van der Waals surface area contributed by atoms with Gasteiger partial charge in [0, 0.05) is 11.5 Å². The number of benzene rings is 2. The molecular formula is C19H19FO. The van der Waals surface area contributed by atoms with E-state index in [1.165, 1.54) is 23.3 Å². The fourth-order valence-electron chi connectivity index (χ4n) is 2.81. The highest BCUT2D eigenvalue weighted by atomic mass is 19.1. The Morgan fingerprint density at radius 2 is 1.67 bits per heavy atom. The molecule has 0 spiro atoms. The predicted molar refractivity (Wildman–Crippen MR) is 82.1 cm³/mol. The normalized spacial score (nSPS) is 20.6.